The van der Waals surface area contributed by atoms with Gasteiger partial charge in [-0.2, -0.15) is 0 Å². The van der Waals surface area contributed by atoms with Gasteiger partial charge in [-0.25, -0.2) is 4.79 Å². The van der Waals surface area contributed by atoms with E-state index in [4.69, 9.17) is 9.15 Å². The Balaban J connectivity index is 1.42. The Morgan fingerprint density at radius 2 is 1.56 bits per heavy atom. The summed E-state index contributed by atoms with van der Waals surface area (Å²) in [5.41, 5.74) is 4.77. The number of esters is 1. The van der Waals surface area contributed by atoms with Gasteiger partial charge in [-0.05, 0) is 54.5 Å². The summed E-state index contributed by atoms with van der Waals surface area (Å²) in [5, 5.41) is 0. The lowest BCUT2D eigenvalue weighted by Crippen LogP contribution is -2.25. The van der Waals surface area contributed by atoms with E-state index in [1.807, 2.05) is 91.0 Å². The molecule has 0 N–H and O–H groups in total. The van der Waals surface area contributed by atoms with E-state index in [1.165, 1.54) is 0 Å². The van der Waals surface area contributed by atoms with Crippen LogP contribution < -0.4 is 0 Å². The maximum atomic E-state index is 13.4. The minimum atomic E-state index is -0.352. The quantitative estimate of drug-likeness (QED) is 0.223. The summed E-state index contributed by atoms with van der Waals surface area (Å²) in [5.74, 6) is 0.799. The molecule has 4 aromatic rings. The van der Waals surface area contributed by atoms with Crippen molar-refractivity contribution in [3.8, 4) is 11.3 Å². The summed E-state index contributed by atoms with van der Waals surface area (Å²) in [6, 6.07) is 30.6. The Hall–Kier alpha value is -4.64. The van der Waals surface area contributed by atoms with Crippen LogP contribution in [0.4, 0.5) is 0 Å². The zero-order valence-electron chi connectivity index (χ0n) is 19.9. The molecule has 0 aliphatic carbocycles. The average molecular weight is 476 g/mol. The lowest BCUT2D eigenvalue weighted by molar-refractivity contribution is -0.123. The van der Waals surface area contributed by atoms with E-state index >= 15 is 0 Å². The second-order valence-electron chi connectivity index (χ2n) is 8.37. The van der Waals surface area contributed by atoms with Gasteiger partial charge in [-0.15, -0.1) is 0 Å². The van der Waals surface area contributed by atoms with Gasteiger partial charge in [0.05, 0.1) is 24.4 Å². The van der Waals surface area contributed by atoms with Crippen molar-refractivity contribution in [1.82, 2.24) is 4.90 Å². The van der Waals surface area contributed by atoms with Crippen LogP contribution in [0.3, 0.4) is 0 Å². The summed E-state index contributed by atoms with van der Waals surface area (Å²) in [4.78, 5) is 27.1. The highest BCUT2D eigenvalue weighted by molar-refractivity contribution is 6.10. The first-order valence-corrected chi connectivity index (χ1v) is 11.8. The number of amides is 1. The number of hydrogen-bond acceptors (Lipinski definition) is 4. The summed E-state index contributed by atoms with van der Waals surface area (Å²) in [6.45, 7) is 2.59. The SMILES string of the molecule is CCOC(=O)c1ccc(-c2ccc(C=C3C=C(c4ccccc4)N(Cc4ccccc4)C3=O)o2)cc1. The van der Waals surface area contributed by atoms with Crippen LogP contribution in [0.1, 0.15) is 34.2 Å². The van der Waals surface area contributed by atoms with Crippen LogP contribution >= 0.6 is 0 Å². The number of ether oxygens (including phenoxy) is 1. The highest BCUT2D eigenvalue weighted by Crippen LogP contribution is 2.33. The first kappa shape index (κ1) is 23.1. The zero-order chi connectivity index (χ0) is 24.9. The van der Waals surface area contributed by atoms with Gasteiger partial charge in [0.1, 0.15) is 11.5 Å². The first-order valence-electron chi connectivity index (χ1n) is 11.8. The van der Waals surface area contributed by atoms with Gasteiger partial charge in [0, 0.05) is 11.1 Å². The van der Waals surface area contributed by atoms with E-state index in [0.717, 1.165) is 22.4 Å². The van der Waals surface area contributed by atoms with E-state index in [-0.39, 0.29) is 11.9 Å². The predicted molar refractivity (Wildman–Crippen MR) is 139 cm³/mol. The molecule has 5 rings (SSSR count). The smallest absolute Gasteiger partial charge is 0.338 e. The third-order valence-electron chi connectivity index (χ3n) is 5.93. The van der Waals surface area contributed by atoms with Crippen molar-refractivity contribution < 1.29 is 18.7 Å². The van der Waals surface area contributed by atoms with Crippen LogP contribution in [0.15, 0.2) is 113 Å². The minimum Gasteiger partial charge on any atom is -0.462 e. The third-order valence-corrected chi connectivity index (χ3v) is 5.93. The number of carbonyl (C=O) groups excluding carboxylic acids is 2. The van der Waals surface area contributed by atoms with Crippen molar-refractivity contribution in [2.24, 2.45) is 0 Å². The van der Waals surface area contributed by atoms with Crippen LogP contribution in [0, 0.1) is 0 Å². The molecule has 5 heteroatoms. The highest BCUT2D eigenvalue weighted by Gasteiger charge is 2.29. The van der Waals surface area contributed by atoms with Crippen molar-refractivity contribution in [2.75, 3.05) is 6.61 Å². The van der Waals surface area contributed by atoms with Gasteiger partial charge in [-0.1, -0.05) is 72.8 Å². The molecule has 1 aliphatic rings. The predicted octanol–water partition coefficient (Wildman–Crippen LogP) is 6.59. The van der Waals surface area contributed by atoms with E-state index in [2.05, 4.69) is 0 Å². The molecule has 0 fully saturated rings. The molecule has 1 amide bonds. The van der Waals surface area contributed by atoms with E-state index in [0.29, 0.717) is 35.8 Å². The molecule has 1 aromatic heterocycles. The fourth-order valence-electron chi connectivity index (χ4n) is 4.15. The Morgan fingerprint density at radius 3 is 2.25 bits per heavy atom. The summed E-state index contributed by atoms with van der Waals surface area (Å²) < 4.78 is 11.1. The van der Waals surface area contributed by atoms with E-state index in [1.54, 1.807) is 30.0 Å². The minimum absolute atomic E-state index is 0.0746. The summed E-state index contributed by atoms with van der Waals surface area (Å²) >= 11 is 0. The molecule has 3 aromatic carbocycles. The van der Waals surface area contributed by atoms with Crippen LogP contribution in [0.5, 0.6) is 0 Å². The molecular formula is C31H25NO4. The van der Waals surface area contributed by atoms with Gasteiger partial charge in [-0.3, -0.25) is 4.79 Å². The van der Waals surface area contributed by atoms with E-state index < -0.39 is 0 Å². The van der Waals surface area contributed by atoms with Crippen LogP contribution in [-0.2, 0) is 16.1 Å². The zero-order valence-corrected chi connectivity index (χ0v) is 19.9. The molecule has 1 aliphatic heterocycles. The van der Waals surface area contributed by atoms with Gasteiger partial charge in [0.15, 0.2) is 0 Å². The number of hydrogen-bond donors (Lipinski definition) is 0. The van der Waals surface area contributed by atoms with Crippen molar-refractivity contribution in [2.45, 2.75) is 13.5 Å². The topological polar surface area (TPSA) is 59.8 Å². The lowest BCUT2D eigenvalue weighted by atomic mass is 10.1. The van der Waals surface area contributed by atoms with Crippen molar-refractivity contribution in [1.29, 1.82) is 0 Å². The molecule has 0 bridgehead atoms. The lowest BCUT2D eigenvalue weighted by Gasteiger charge is -2.20. The van der Waals surface area contributed by atoms with Crippen molar-refractivity contribution >= 4 is 23.6 Å². The Morgan fingerprint density at radius 1 is 0.861 bits per heavy atom. The number of carbonyl (C=O) groups is 2. The van der Waals surface area contributed by atoms with Crippen LogP contribution in [0.2, 0.25) is 0 Å². The number of benzene rings is 3. The molecule has 0 unspecified atom stereocenters. The number of rotatable bonds is 7. The van der Waals surface area contributed by atoms with Crippen molar-refractivity contribution in [3.05, 3.63) is 131 Å². The number of furan rings is 1. The van der Waals surface area contributed by atoms with Gasteiger partial charge in [0.25, 0.3) is 5.91 Å². The molecule has 0 saturated heterocycles. The largest absolute Gasteiger partial charge is 0.462 e. The Bertz CT molecular complexity index is 1430. The second kappa shape index (κ2) is 10.3. The van der Waals surface area contributed by atoms with Gasteiger partial charge >= 0.3 is 5.97 Å². The molecule has 5 nitrogen and oxygen atoms in total. The van der Waals surface area contributed by atoms with Crippen LogP contribution in [-0.4, -0.2) is 23.4 Å². The third kappa shape index (κ3) is 4.91. The summed E-state index contributed by atoms with van der Waals surface area (Å²) in [7, 11) is 0. The Kier molecular flexibility index (Phi) is 6.63. The maximum absolute atomic E-state index is 13.4. The van der Waals surface area contributed by atoms with E-state index in [9.17, 15) is 9.59 Å². The first-order chi connectivity index (χ1) is 17.6. The molecule has 2 heterocycles. The molecule has 0 saturated carbocycles. The molecule has 0 spiro atoms. The second-order valence-corrected chi connectivity index (χ2v) is 8.37. The van der Waals surface area contributed by atoms with Gasteiger partial charge < -0.3 is 14.1 Å². The fourth-order valence-corrected chi connectivity index (χ4v) is 4.15. The monoisotopic (exact) mass is 475 g/mol. The average Bonchev–Trinajstić information content (AvgIpc) is 3.51. The van der Waals surface area contributed by atoms with Crippen molar-refractivity contribution in [3.63, 3.8) is 0 Å². The normalized spacial score (nSPS) is 14.2. The molecule has 36 heavy (non-hydrogen) atoms. The Labute approximate surface area is 209 Å². The maximum Gasteiger partial charge on any atom is 0.338 e. The molecule has 0 atom stereocenters. The number of nitrogens with zero attached hydrogens (tertiary/aromatic N) is 1. The standard InChI is InChI=1S/C31H25NO4/c1-2-35-31(34)25-15-13-24(14-16-25)29-18-17-27(36-29)19-26-20-28(23-11-7-4-8-12-23)32(30(26)33)21-22-9-5-3-6-10-22/h3-20H,2,21H2,1H3. The summed E-state index contributed by atoms with van der Waals surface area (Å²) in [6.07, 6.45) is 3.68. The fraction of sp³-hybridized carbons (Fsp3) is 0.0968. The van der Waals surface area contributed by atoms with Crippen LogP contribution in [0.25, 0.3) is 23.1 Å². The molecule has 0 radical (unpaired) electrons. The van der Waals surface area contributed by atoms with Gasteiger partial charge in [0.2, 0.25) is 0 Å². The highest BCUT2D eigenvalue weighted by atomic mass is 16.5. The molecule has 178 valence electrons. The molecular weight excluding hydrogens is 450 g/mol.